The Morgan fingerprint density at radius 2 is 1.89 bits per heavy atom. The van der Waals surface area contributed by atoms with Crippen LogP contribution in [0.15, 0.2) is 24.3 Å². The van der Waals surface area contributed by atoms with Crippen LogP contribution in [0.4, 0.5) is 0 Å². The van der Waals surface area contributed by atoms with Gasteiger partial charge in [0.2, 0.25) is 0 Å². The van der Waals surface area contributed by atoms with E-state index in [2.05, 4.69) is 42.7 Å². The molecule has 1 aromatic carbocycles. The molecule has 0 radical (unpaired) electrons. The average molecular weight is 241 g/mol. The Labute approximate surface area is 110 Å². The molecule has 1 aliphatic rings. The first-order chi connectivity index (χ1) is 8.77. The molecule has 0 bridgehead atoms. The summed E-state index contributed by atoms with van der Waals surface area (Å²) in [5, 5.41) is 1.51. The van der Waals surface area contributed by atoms with E-state index in [-0.39, 0.29) is 0 Å². The number of hydrogen-bond donors (Lipinski definition) is 0. The van der Waals surface area contributed by atoms with Crippen LogP contribution < -0.4 is 0 Å². The zero-order chi connectivity index (χ0) is 12.5. The second-order valence-corrected chi connectivity index (χ2v) is 5.98. The van der Waals surface area contributed by atoms with E-state index in [1.54, 1.807) is 11.3 Å². The van der Waals surface area contributed by atoms with Crippen molar-refractivity contribution >= 4 is 10.9 Å². The Morgan fingerprint density at radius 3 is 2.72 bits per heavy atom. The van der Waals surface area contributed by atoms with Gasteiger partial charge in [0, 0.05) is 23.1 Å². The van der Waals surface area contributed by atoms with Gasteiger partial charge in [0.15, 0.2) is 0 Å². The van der Waals surface area contributed by atoms with Gasteiger partial charge in [-0.2, -0.15) is 0 Å². The summed E-state index contributed by atoms with van der Waals surface area (Å²) in [5.41, 5.74) is 4.73. The molecule has 1 heterocycles. The summed E-state index contributed by atoms with van der Waals surface area (Å²) in [7, 11) is 0. The molecule has 0 N–H and O–H groups in total. The van der Waals surface area contributed by atoms with E-state index in [9.17, 15) is 0 Å². The Bertz CT molecular complexity index is 548. The van der Waals surface area contributed by atoms with Gasteiger partial charge in [0.1, 0.15) is 0 Å². The van der Waals surface area contributed by atoms with Crippen LogP contribution in [-0.2, 0) is 19.4 Å². The first kappa shape index (κ1) is 11.8. The molecule has 18 heavy (non-hydrogen) atoms. The second-order valence-electron chi connectivity index (χ2n) is 5.98. The lowest BCUT2D eigenvalue weighted by Crippen LogP contribution is -2.09. The maximum atomic E-state index is 2.60. The number of aryl methyl sites for hydroxylation is 2. The zero-order valence-corrected chi connectivity index (χ0v) is 11.6. The number of rotatable bonds is 3. The minimum absolute atomic E-state index is 0.783. The van der Waals surface area contributed by atoms with Crippen molar-refractivity contribution in [3.05, 3.63) is 35.5 Å². The van der Waals surface area contributed by atoms with Gasteiger partial charge in [0.05, 0.1) is 0 Å². The first-order valence-electron chi connectivity index (χ1n) is 7.36. The SMILES string of the molecule is CC(C)CCn1c2c(c3ccccc31)CCCC2. The number of para-hydroxylation sites is 1. The molecule has 96 valence electrons. The third kappa shape index (κ3) is 1.96. The van der Waals surface area contributed by atoms with E-state index in [0.29, 0.717) is 0 Å². The zero-order valence-electron chi connectivity index (χ0n) is 11.6. The maximum Gasteiger partial charge on any atom is 0.0485 e. The quantitative estimate of drug-likeness (QED) is 0.742. The fourth-order valence-electron chi connectivity index (χ4n) is 3.23. The molecule has 2 aromatic rings. The van der Waals surface area contributed by atoms with Crippen LogP contribution in [0.2, 0.25) is 0 Å². The molecular formula is C17H23N. The average Bonchev–Trinajstić information content (AvgIpc) is 2.71. The number of nitrogens with zero attached hydrogens (tertiary/aromatic N) is 1. The number of hydrogen-bond acceptors (Lipinski definition) is 0. The first-order valence-corrected chi connectivity index (χ1v) is 7.36. The molecule has 0 spiro atoms. The monoisotopic (exact) mass is 241 g/mol. The van der Waals surface area contributed by atoms with Gasteiger partial charge >= 0.3 is 0 Å². The van der Waals surface area contributed by atoms with Crippen LogP contribution >= 0.6 is 0 Å². The molecule has 0 saturated heterocycles. The van der Waals surface area contributed by atoms with Gasteiger partial charge in [-0.1, -0.05) is 32.0 Å². The van der Waals surface area contributed by atoms with E-state index in [1.807, 2.05) is 0 Å². The van der Waals surface area contributed by atoms with Crippen LogP contribution in [0.25, 0.3) is 10.9 Å². The summed E-state index contributed by atoms with van der Waals surface area (Å²) < 4.78 is 2.60. The van der Waals surface area contributed by atoms with E-state index < -0.39 is 0 Å². The van der Waals surface area contributed by atoms with E-state index >= 15 is 0 Å². The third-order valence-electron chi connectivity index (χ3n) is 4.21. The van der Waals surface area contributed by atoms with Gasteiger partial charge in [-0.05, 0) is 49.7 Å². The van der Waals surface area contributed by atoms with E-state index in [4.69, 9.17) is 0 Å². The van der Waals surface area contributed by atoms with Gasteiger partial charge in [-0.15, -0.1) is 0 Å². The van der Waals surface area contributed by atoms with Crippen molar-refractivity contribution in [2.45, 2.75) is 52.5 Å². The lowest BCUT2D eigenvalue weighted by Gasteiger charge is -2.16. The predicted octanol–water partition coefficient (Wildman–Crippen LogP) is 4.57. The molecule has 1 heteroatoms. The van der Waals surface area contributed by atoms with Crippen LogP contribution in [0, 0.1) is 5.92 Å². The smallest absolute Gasteiger partial charge is 0.0485 e. The van der Waals surface area contributed by atoms with Crippen LogP contribution in [-0.4, -0.2) is 4.57 Å². The van der Waals surface area contributed by atoms with Crippen molar-refractivity contribution < 1.29 is 0 Å². The highest BCUT2D eigenvalue weighted by Gasteiger charge is 2.19. The standard InChI is InChI=1S/C17H23N/c1-13(2)11-12-18-16-9-5-3-7-14(16)15-8-4-6-10-17(15)18/h3,5,7,9,13H,4,6,8,10-12H2,1-2H3. The highest BCUT2D eigenvalue weighted by molar-refractivity contribution is 5.85. The summed E-state index contributed by atoms with van der Waals surface area (Å²) in [5.74, 6) is 0.783. The predicted molar refractivity (Wildman–Crippen MR) is 78.0 cm³/mol. The number of benzene rings is 1. The molecule has 0 aliphatic heterocycles. The van der Waals surface area contributed by atoms with Gasteiger partial charge in [-0.25, -0.2) is 0 Å². The third-order valence-corrected chi connectivity index (χ3v) is 4.21. The molecule has 0 unspecified atom stereocenters. The minimum Gasteiger partial charge on any atom is -0.344 e. The molecule has 3 rings (SSSR count). The molecule has 1 aromatic heterocycles. The summed E-state index contributed by atoms with van der Waals surface area (Å²) >= 11 is 0. The largest absolute Gasteiger partial charge is 0.344 e. The highest BCUT2D eigenvalue weighted by atomic mass is 15.0. The Balaban J connectivity index is 2.10. The molecule has 0 amide bonds. The lowest BCUT2D eigenvalue weighted by atomic mass is 9.95. The summed E-state index contributed by atoms with van der Waals surface area (Å²) in [6.45, 7) is 5.82. The summed E-state index contributed by atoms with van der Waals surface area (Å²) in [6.07, 6.45) is 6.58. The van der Waals surface area contributed by atoms with E-state index in [0.717, 1.165) is 5.92 Å². The summed E-state index contributed by atoms with van der Waals surface area (Å²) in [4.78, 5) is 0. The van der Waals surface area contributed by atoms with Gasteiger partial charge in [0.25, 0.3) is 0 Å². The van der Waals surface area contributed by atoms with Crippen molar-refractivity contribution in [3.8, 4) is 0 Å². The van der Waals surface area contributed by atoms with Crippen molar-refractivity contribution in [1.29, 1.82) is 0 Å². The van der Waals surface area contributed by atoms with Crippen molar-refractivity contribution in [3.63, 3.8) is 0 Å². The van der Waals surface area contributed by atoms with Crippen molar-refractivity contribution in [2.24, 2.45) is 5.92 Å². The number of fused-ring (bicyclic) bond motifs is 3. The topological polar surface area (TPSA) is 4.93 Å². The van der Waals surface area contributed by atoms with Crippen LogP contribution in [0.1, 0.15) is 44.4 Å². The Morgan fingerprint density at radius 1 is 1.11 bits per heavy atom. The summed E-state index contributed by atoms with van der Waals surface area (Å²) in [6, 6.07) is 8.98. The van der Waals surface area contributed by atoms with Gasteiger partial charge in [-0.3, -0.25) is 0 Å². The molecule has 0 fully saturated rings. The van der Waals surface area contributed by atoms with Crippen molar-refractivity contribution in [2.75, 3.05) is 0 Å². The molecule has 1 aliphatic carbocycles. The molecular weight excluding hydrogens is 218 g/mol. The fraction of sp³-hybridized carbons (Fsp3) is 0.529. The Kier molecular flexibility index (Phi) is 3.15. The molecule has 0 saturated carbocycles. The fourth-order valence-corrected chi connectivity index (χ4v) is 3.23. The van der Waals surface area contributed by atoms with Crippen LogP contribution in [0.5, 0.6) is 0 Å². The molecule has 1 nitrogen and oxygen atoms in total. The van der Waals surface area contributed by atoms with Gasteiger partial charge < -0.3 is 4.57 Å². The molecule has 0 atom stereocenters. The van der Waals surface area contributed by atoms with E-state index in [1.165, 1.54) is 49.6 Å². The second kappa shape index (κ2) is 4.79. The maximum absolute atomic E-state index is 2.60. The van der Waals surface area contributed by atoms with Crippen molar-refractivity contribution in [1.82, 2.24) is 4.57 Å². The number of aromatic nitrogens is 1. The lowest BCUT2D eigenvalue weighted by molar-refractivity contribution is 0.507. The normalized spacial score (nSPS) is 15.3. The Hall–Kier alpha value is -1.24. The highest BCUT2D eigenvalue weighted by Crippen LogP contribution is 2.32. The minimum atomic E-state index is 0.783. The van der Waals surface area contributed by atoms with Crippen LogP contribution in [0.3, 0.4) is 0 Å².